The van der Waals surface area contributed by atoms with E-state index in [-0.39, 0.29) is 5.57 Å². The van der Waals surface area contributed by atoms with Crippen LogP contribution in [0.15, 0.2) is 29.8 Å². The Morgan fingerprint density at radius 2 is 1.95 bits per heavy atom. The van der Waals surface area contributed by atoms with E-state index in [0.29, 0.717) is 12.4 Å². The molecule has 1 saturated heterocycles. The summed E-state index contributed by atoms with van der Waals surface area (Å²) in [6.07, 6.45) is 2.48. The van der Waals surface area contributed by atoms with Crippen molar-refractivity contribution >= 4 is 6.08 Å². The highest BCUT2D eigenvalue weighted by atomic mass is 16.5. The summed E-state index contributed by atoms with van der Waals surface area (Å²) in [6.45, 7) is 5.17. The molecule has 114 valence electrons. The summed E-state index contributed by atoms with van der Waals surface area (Å²) in [5.74, 6) is 0.701. The molecule has 5 nitrogen and oxygen atoms in total. The molecule has 22 heavy (non-hydrogen) atoms. The molecule has 0 aromatic heterocycles. The first kappa shape index (κ1) is 16.0. The van der Waals surface area contributed by atoms with E-state index in [4.69, 9.17) is 20.0 Å². The number of hydrogen-bond donors (Lipinski definition) is 0. The number of morpholine rings is 1. The summed E-state index contributed by atoms with van der Waals surface area (Å²) in [6, 6.07) is 11.2. The number of hydrogen-bond acceptors (Lipinski definition) is 5. The van der Waals surface area contributed by atoms with E-state index in [1.54, 1.807) is 6.08 Å². The van der Waals surface area contributed by atoms with Crippen molar-refractivity contribution in [2.24, 2.45) is 0 Å². The van der Waals surface area contributed by atoms with Crippen LogP contribution in [0.1, 0.15) is 12.0 Å². The lowest BCUT2D eigenvalue weighted by atomic mass is 10.1. The van der Waals surface area contributed by atoms with E-state index in [1.807, 2.05) is 36.4 Å². The predicted molar refractivity (Wildman–Crippen MR) is 83.0 cm³/mol. The summed E-state index contributed by atoms with van der Waals surface area (Å²) in [4.78, 5) is 2.36. The quantitative estimate of drug-likeness (QED) is 0.595. The van der Waals surface area contributed by atoms with E-state index >= 15 is 0 Å². The number of nitrogens with zero attached hydrogens (tertiary/aromatic N) is 3. The maximum atomic E-state index is 8.84. The van der Waals surface area contributed by atoms with Gasteiger partial charge in [0, 0.05) is 25.2 Å². The normalized spacial score (nSPS) is 14.6. The molecule has 5 heteroatoms. The third-order valence-electron chi connectivity index (χ3n) is 3.44. The van der Waals surface area contributed by atoms with E-state index in [0.717, 1.165) is 44.8 Å². The zero-order valence-corrected chi connectivity index (χ0v) is 12.5. The highest BCUT2D eigenvalue weighted by molar-refractivity contribution is 5.66. The van der Waals surface area contributed by atoms with Gasteiger partial charge in [-0.2, -0.15) is 10.5 Å². The fourth-order valence-electron chi connectivity index (χ4n) is 2.27. The lowest BCUT2D eigenvalue weighted by Crippen LogP contribution is -2.37. The van der Waals surface area contributed by atoms with E-state index in [2.05, 4.69) is 4.90 Å². The second kappa shape index (κ2) is 8.84. The third kappa shape index (κ3) is 4.89. The Hall–Kier alpha value is -2.34. The minimum atomic E-state index is 0.0735. The highest BCUT2D eigenvalue weighted by Gasteiger charge is 2.09. The molecule has 0 saturated carbocycles. The molecule has 1 aliphatic rings. The third-order valence-corrected chi connectivity index (χ3v) is 3.44. The highest BCUT2D eigenvalue weighted by Crippen LogP contribution is 2.21. The SMILES string of the molecule is N#CC(C#N)=Cc1ccccc1OCCCN1CCOCC1. The van der Waals surface area contributed by atoms with Gasteiger partial charge in [0.1, 0.15) is 23.5 Å². The Bertz CT molecular complexity index is 577. The number of allylic oxidation sites excluding steroid dienone is 1. The van der Waals surface area contributed by atoms with Crippen molar-refractivity contribution in [2.45, 2.75) is 6.42 Å². The van der Waals surface area contributed by atoms with Crippen LogP contribution in [0, 0.1) is 22.7 Å². The molecule has 0 atom stereocenters. The minimum absolute atomic E-state index is 0.0735. The number of ether oxygens (including phenoxy) is 2. The standard InChI is InChI=1S/C17H19N3O2/c18-13-15(14-19)12-16-4-1-2-5-17(16)22-9-3-6-20-7-10-21-11-8-20/h1-2,4-5,12H,3,6-11H2. The maximum absolute atomic E-state index is 8.84. The van der Waals surface area contributed by atoms with Crippen molar-refractivity contribution in [3.63, 3.8) is 0 Å². The lowest BCUT2D eigenvalue weighted by Gasteiger charge is -2.26. The van der Waals surface area contributed by atoms with Crippen LogP contribution < -0.4 is 4.74 Å². The molecule has 0 unspecified atom stereocenters. The van der Waals surface area contributed by atoms with Crippen LogP contribution in [-0.4, -0.2) is 44.4 Å². The van der Waals surface area contributed by atoms with Gasteiger partial charge in [0.2, 0.25) is 0 Å². The summed E-state index contributed by atoms with van der Waals surface area (Å²) in [7, 11) is 0. The van der Waals surface area contributed by atoms with Crippen molar-refractivity contribution in [3.05, 3.63) is 35.4 Å². The lowest BCUT2D eigenvalue weighted by molar-refractivity contribution is 0.0358. The van der Waals surface area contributed by atoms with Gasteiger partial charge >= 0.3 is 0 Å². The Morgan fingerprint density at radius 3 is 2.68 bits per heavy atom. The Balaban J connectivity index is 1.86. The van der Waals surface area contributed by atoms with Crippen molar-refractivity contribution in [2.75, 3.05) is 39.5 Å². The van der Waals surface area contributed by atoms with Crippen molar-refractivity contribution in [1.29, 1.82) is 10.5 Å². The van der Waals surface area contributed by atoms with Crippen molar-refractivity contribution < 1.29 is 9.47 Å². The molecule has 0 N–H and O–H groups in total. The predicted octanol–water partition coefficient (Wildman–Crippen LogP) is 2.22. The van der Waals surface area contributed by atoms with Crippen LogP contribution in [0.2, 0.25) is 0 Å². The minimum Gasteiger partial charge on any atom is -0.493 e. The zero-order chi connectivity index (χ0) is 15.6. The fourth-order valence-corrected chi connectivity index (χ4v) is 2.27. The summed E-state index contributed by atoms with van der Waals surface area (Å²) in [5, 5.41) is 17.7. The number of benzene rings is 1. The van der Waals surface area contributed by atoms with Gasteiger partial charge in [-0.25, -0.2) is 0 Å². The molecule has 2 rings (SSSR count). The van der Waals surface area contributed by atoms with Crippen LogP contribution in [0.4, 0.5) is 0 Å². The van der Waals surface area contributed by atoms with Crippen molar-refractivity contribution in [1.82, 2.24) is 4.90 Å². The van der Waals surface area contributed by atoms with E-state index < -0.39 is 0 Å². The molecule has 0 bridgehead atoms. The molecular formula is C17H19N3O2. The van der Waals surface area contributed by atoms with Crippen LogP contribution in [-0.2, 0) is 4.74 Å². The average molecular weight is 297 g/mol. The van der Waals surface area contributed by atoms with Crippen LogP contribution in [0.25, 0.3) is 6.08 Å². The number of rotatable bonds is 6. The molecule has 1 aliphatic heterocycles. The van der Waals surface area contributed by atoms with Crippen molar-refractivity contribution in [3.8, 4) is 17.9 Å². The van der Waals surface area contributed by atoms with Gasteiger partial charge in [0.15, 0.2) is 0 Å². The van der Waals surface area contributed by atoms with E-state index in [1.165, 1.54) is 0 Å². The zero-order valence-electron chi connectivity index (χ0n) is 12.5. The molecular weight excluding hydrogens is 278 g/mol. The monoisotopic (exact) mass is 297 g/mol. The van der Waals surface area contributed by atoms with Crippen LogP contribution in [0.5, 0.6) is 5.75 Å². The summed E-state index contributed by atoms with van der Waals surface area (Å²) < 4.78 is 11.1. The molecule has 0 spiro atoms. The van der Waals surface area contributed by atoms with E-state index in [9.17, 15) is 0 Å². The Labute approximate surface area is 131 Å². The smallest absolute Gasteiger partial charge is 0.130 e. The molecule has 1 aromatic rings. The first-order chi connectivity index (χ1) is 10.8. The summed E-state index contributed by atoms with van der Waals surface area (Å²) in [5.41, 5.74) is 0.830. The van der Waals surface area contributed by atoms with Gasteiger partial charge in [-0.1, -0.05) is 18.2 Å². The number of nitriles is 2. The van der Waals surface area contributed by atoms with Gasteiger partial charge in [0.25, 0.3) is 0 Å². The van der Waals surface area contributed by atoms with Gasteiger partial charge in [-0.05, 0) is 18.6 Å². The number of para-hydroxylation sites is 1. The Morgan fingerprint density at radius 1 is 1.23 bits per heavy atom. The topological polar surface area (TPSA) is 69.3 Å². The average Bonchev–Trinajstić information content (AvgIpc) is 2.58. The maximum Gasteiger partial charge on any atom is 0.130 e. The second-order valence-electron chi connectivity index (χ2n) is 4.98. The Kier molecular flexibility index (Phi) is 6.44. The van der Waals surface area contributed by atoms with Gasteiger partial charge in [0.05, 0.1) is 19.8 Å². The van der Waals surface area contributed by atoms with Gasteiger partial charge in [-0.3, -0.25) is 4.90 Å². The molecule has 0 aliphatic carbocycles. The second-order valence-corrected chi connectivity index (χ2v) is 4.98. The molecule has 1 fully saturated rings. The molecule has 0 radical (unpaired) electrons. The fraction of sp³-hybridized carbons (Fsp3) is 0.412. The van der Waals surface area contributed by atoms with Gasteiger partial charge in [-0.15, -0.1) is 0 Å². The molecule has 0 amide bonds. The van der Waals surface area contributed by atoms with Crippen LogP contribution in [0.3, 0.4) is 0 Å². The van der Waals surface area contributed by atoms with Gasteiger partial charge < -0.3 is 9.47 Å². The first-order valence-corrected chi connectivity index (χ1v) is 7.37. The largest absolute Gasteiger partial charge is 0.493 e. The first-order valence-electron chi connectivity index (χ1n) is 7.37. The summed E-state index contributed by atoms with van der Waals surface area (Å²) >= 11 is 0. The molecule has 1 aromatic carbocycles. The van der Waals surface area contributed by atoms with Crippen LogP contribution >= 0.6 is 0 Å². The molecule has 1 heterocycles.